The van der Waals surface area contributed by atoms with Gasteiger partial charge in [0.05, 0.1) is 25.9 Å². The number of carbonyl (C=O) groups is 1. The van der Waals surface area contributed by atoms with Gasteiger partial charge in [0, 0.05) is 55.3 Å². The van der Waals surface area contributed by atoms with Crippen molar-refractivity contribution in [3.05, 3.63) is 53.2 Å². The van der Waals surface area contributed by atoms with Crippen molar-refractivity contribution in [3.8, 4) is 23.3 Å². The molecule has 0 spiro atoms. The number of rotatable bonds is 12. The second kappa shape index (κ2) is 12.6. The van der Waals surface area contributed by atoms with Crippen molar-refractivity contribution in [1.29, 1.82) is 5.26 Å². The molecule has 3 aromatic rings. The highest BCUT2D eigenvalue weighted by atomic mass is 19.4. The van der Waals surface area contributed by atoms with Gasteiger partial charge in [0.1, 0.15) is 6.10 Å². The number of alkyl halides is 3. The minimum absolute atomic E-state index is 0.0583. The Kier molecular flexibility index (Phi) is 9.00. The molecule has 9 nitrogen and oxygen atoms in total. The van der Waals surface area contributed by atoms with Crippen LogP contribution < -0.4 is 14.2 Å². The van der Waals surface area contributed by atoms with Crippen molar-refractivity contribution in [2.45, 2.75) is 63.0 Å². The van der Waals surface area contributed by atoms with E-state index >= 15 is 0 Å². The average Bonchev–Trinajstić information content (AvgIpc) is 3.75. The molecule has 5 rings (SSSR count). The molecule has 2 fully saturated rings. The number of benzene rings is 2. The van der Waals surface area contributed by atoms with Crippen LogP contribution >= 0.6 is 0 Å². The number of carboxylic acids is 1. The number of hydrogen-bond acceptors (Lipinski definition) is 7. The molecule has 0 radical (unpaired) electrons. The van der Waals surface area contributed by atoms with Crippen LogP contribution in [0.2, 0.25) is 0 Å². The second-order valence-electron chi connectivity index (χ2n) is 11.7. The van der Waals surface area contributed by atoms with Gasteiger partial charge < -0.3 is 29.0 Å². The molecule has 236 valence electrons. The number of carboxylic acid groups (broad SMARTS) is 1. The minimum Gasteiger partial charge on any atom is -0.493 e. The van der Waals surface area contributed by atoms with Crippen molar-refractivity contribution >= 4 is 16.9 Å². The largest absolute Gasteiger partial charge is 0.493 e. The van der Waals surface area contributed by atoms with Crippen LogP contribution in [0.5, 0.6) is 17.2 Å². The molecule has 0 bridgehead atoms. The summed E-state index contributed by atoms with van der Waals surface area (Å²) in [6.45, 7) is 0.402. The van der Waals surface area contributed by atoms with Crippen molar-refractivity contribution in [3.63, 3.8) is 0 Å². The third kappa shape index (κ3) is 6.59. The predicted octanol–water partition coefficient (Wildman–Crippen LogP) is 5.25. The maximum absolute atomic E-state index is 14.7. The zero-order valence-electron chi connectivity index (χ0n) is 24.7. The fourth-order valence-corrected chi connectivity index (χ4v) is 5.87. The summed E-state index contributed by atoms with van der Waals surface area (Å²) in [6.07, 6.45) is -0.865. The summed E-state index contributed by atoms with van der Waals surface area (Å²) in [5, 5.41) is 30.1. The van der Waals surface area contributed by atoms with Crippen LogP contribution in [-0.4, -0.2) is 71.8 Å². The molecule has 2 aliphatic rings. The Hall–Kier alpha value is -3.95. The third-order valence-corrected chi connectivity index (χ3v) is 8.50. The van der Waals surface area contributed by atoms with Crippen molar-refractivity contribution in [2.24, 2.45) is 5.92 Å². The van der Waals surface area contributed by atoms with Gasteiger partial charge >= 0.3 is 12.1 Å². The van der Waals surface area contributed by atoms with E-state index in [0.717, 1.165) is 12.8 Å². The minimum atomic E-state index is -4.95. The van der Waals surface area contributed by atoms with Gasteiger partial charge in [-0.2, -0.15) is 18.4 Å². The number of nitrogens with zero attached hydrogens (tertiary/aromatic N) is 3. The summed E-state index contributed by atoms with van der Waals surface area (Å²) in [7, 11) is 2.93. The average molecular weight is 616 g/mol. The molecule has 1 aliphatic carbocycles. The zero-order chi connectivity index (χ0) is 31.6. The van der Waals surface area contributed by atoms with Gasteiger partial charge in [-0.25, -0.2) is 0 Å². The topological polar surface area (TPSA) is 117 Å². The Morgan fingerprint density at radius 1 is 1.07 bits per heavy atom. The van der Waals surface area contributed by atoms with Gasteiger partial charge in [0.15, 0.2) is 11.5 Å². The maximum Gasteiger partial charge on any atom is 0.422 e. The van der Waals surface area contributed by atoms with Gasteiger partial charge in [-0.1, -0.05) is 6.07 Å². The van der Waals surface area contributed by atoms with E-state index in [9.17, 15) is 28.3 Å². The number of likely N-dealkylation sites (tertiary alicyclic amines) is 1. The molecule has 0 amide bonds. The summed E-state index contributed by atoms with van der Waals surface area (Å²) in [5.74, 6) is 0.547. The van der Waals surface area contributed by atoms with Gasteiger partial charge in [-0.15, -0.1) is 0 Å². The molecule has 12 heteroatoms. The fraction of sp³-hybridized carbons (Fsp3) is 0.500. The SMILES string of the molecule is COc1cc(CCC(=O)O)cc(OC)c1OC1CCN(CC(O)(c2cn(CC3CC3)c3cc(C#N)ccc23)C(F)(F)F)CC1. The first kappa shape index (κ1) is 31.5. The fourth-order valence-electron chi connectivity index (χ4n) is 5.87. The van der Waals surface area contributed by atoms with E-state index in [0.29, 0.717) is 59.2 Å². The van der Waals surface area contributed by atoms with Crippen LogP contribution in [0.15, 0.2) is 36.5 Å². The molecule has 2 aromatic carbocycles. The molecular weight excluding hydrogens is 579 g/mol. The van der Waals surface area contributed by atoms with Gasteiger partial charge in [0.2, 0.25) is 11.4 Å². The summed E-state index contributed by atoms with van der Waals surface area (Å²) in [4.78, 5) is 12.6. The van der Waals surface area contributed by atoms with Crippen LogP contribution in [0, 0.1) is 17.2 Å². The molecule has 44 heavy (non-hydrogen) atoms. The van der Waals surface area contributed by atoms with E-state index < -0.39 is 24.3 Å². The van der Waals surface area contributed by atoms with Crippen molar-refractivity contribution < 1.29 is 42.4 Å². The molecule has 1 atom stereocenters. The van der Waals surface area contributed by atoms with Crippen molar-refractivity contribution in [1.82, 2.24) is 9.47 Å². The number of aliphatic carboxylic acids is 1. The Balaban J connectivity index is 1.33. The predicted molar refractivity (Wildman–Crippen MR) is 155 cm³/mol. The lowest BCUT2D eigenvalue weighted by molar-refractivity contribution is -0.272. The van der Waals surface area contributed by atoms with Gasteiger partial charge in [-0.3, -0.25) is 9.69 Å². The first-order chi connectivity index (χ1) is 20.9. The van der Waals surface area contributed by atoms with Gasteiger partial charge in [-0.05, 0) is 67.9 Å². The number of aliphatic hydroxyl groups is 1. The summed E-state index contributed by atoms with van der Waals surface area (Å²) < 4.78 is 63.2. The quantitative estimate of drug-likeness (QED) is 0.284. The number of aryl methyl sites for hydroxylation is 1. The monoisotopic (exact) mass is 615 g/mol. The number of fused-ring (bicyclic) bond motifs is 1. The van der Waals surface area contributed by atoms with E-state index in [1.165, 1.54) is 32.5 Å². The molecular formula is C32H36F3N3O6. The Morgan fingerprint density at radius 3 is 2.27 bits per heavy atom. The Bertz CT molecular complexity index is 1530. The number of piperidine rings is 1. The Labute approximate surface area is 253 Å². The molecule has 2 heterocycles. The molecule has 1 aromatic heterocycles. The first-order valence-electron chi connectivity index (χ1n) is 14.6. The smallest absolute Gasteiger partial charge is 0.422 e. The third-order valence-electron chi connectivity index (χ3n) is 8.50. The number of nitriles is 1. The second-order valence-corrected chi connectivity index (χ2v) is 11.7. The number of methoxy groups -OCH3 is 2. The van der Waals surface area contributed by atoms with E-state index in [1.807, 2.05) is 0 Å². The van der Waals surface area contributed by atoms with Crippen molar-refractivity contribution in [2.75, 3.05) is 33.9 Å². The van der Waals surface area contributed by atoms with Crippen LogP contribution in [0.1, 0.15) is 48.8 Å². The van der Waals surface area contributed by atoms with E-state index in [2.05, 4.69) is 6.07 Å². The van der Waals surface area contributed by atoms with Crippen LogP contribution in [-0.2, 0) is 23.4 Å². The molecule has 2 N–H and O–H groups in total. The van der Waals surface area contributed by atoms with Crippen LogP contribution in [0.3, 0.4) is 0 Å². The highest BCUT2D eigenvalue weighted by Gasteiger charge is 2.57. The standard InChI is InChI=1S/C32H36F3N3O6/c1-42-27-14-21(6-8-29(39)40)15-28(43-2)30(27)44-23-9-11-37(12-10-23)19-31(41,32(33,34)35)25-18-38(17-20-3-4-20)26-13-22(16-36)5-7-24(25)26/h5,7,13-15,18,20,23,41H,3-4,6,8-12,17,19H2,1-2H3,(H,39,40). The van der Waals surface area contributed by atoms with Crippen LogP contribution in [0.4, 0.5) is 13.2 Å². The zero-order valence-corrected chi connectivity index (χ0v) is 24.7. The molecule has 1 saturated heterocycles. The summed E-state index contributed by atoms with van der Waals surface area (Å²) in [5.41, 5.74) is -1.77. The number of β-amino-alcohol motifs (C(OH)–C–C–N with tert-alkyl or cyclic N) is 1. The lowest BCUT2D eigenvalue weighted by Crippen LogP contribution is -2.53. The Morgan fingerprint density at radius 2 is 1.73 bits per heavy atom. The lowest BCUT2D eigenvalue weighted by atomic mass is 9.90. The number of aromatic nitrogens is 1. The first-order valence-corrected chi connectivity index (χ1v) is 14.6. The number of ether oxygens (including phenoxy) is 3. The number of hydrogen-bond donors (Lipinski definition) is 2. The molecule has 1 saturated carbocycles. The highest BCUT2D eigenvalue weighted by molar-refractivity contribution is 5.86. The maximum atomic E-state index is 14.7. The number of halogens is 3. The molecule has 1 aliphatic heterocycles. The van der Waals surface area contributed by atoms with Crippen LogP contribution in [0.25, 0.3) is 10.9 Å². The lowest BCUT2D eigenvalue weighted by Gasteiger charge is -2.39. The van der Waals surface area contributed by atoms with E-state index in [4.69, 9.17) is 19.3 Å². The molecule has 1 unspecified atom stereocenters. The van der Waals surface area contributed by atoms with E-state index in [-0.39, 0.29) is 43.0 Å². The van der Waals surface area contributed by atoms with Gasteiger partial charge in [0.25, 0.3) is 0 Å². The summed E-state index contributed by atoms with van der Waals surface area (Å²) in [6, 6.07) is 10.0. The summed E-state index contributed by atoms with van der Waals surface area (Å²) >= 11 is 0. The normalized spacial score (nSPS) is 17.7. The highest BCUT2D eigenvalue weighted by Crippen LogP contribution is 2.45. The van der Waals surface area contributed by atoms with E-state index in [1.54, 1.807) is 27.7 Å².